The minimum absolute atomic E-state index is 0.214. The molecule has 0 saturated carbocycles. The van der Waals surface area contributed by atoms with Gasteiger partial charge in [-0.25, -0.2) is 0 Å². The van der Waals surface area contributed by atoms with E-state index in [-0.39, 0.29) is 5.41 Å². The number of rotatable bonds is 3. The summed E-state index contributed by atoms with van der Waals surface area (Å²) in [5.74, 6) is 0. The van der Waals surface area contributed by atoms with E-state index in [2.05, 4.69) is 91.4 Å². The van der Waals surface area contributed by atoms with Gasteiger partial charge in [0.2, 0.25) is 0 Å². The van der Waals surface area contributed by atoms with Gasteiger partial charge in [-0.15, -0.1) is 0 Å². The summed E-state index contributed by atoms with van der Waals surface area (Å²) in [6.07, 6.45) is 0. The van der Waals surface area contributed by atoms with E-state index in [0.717, 1.165) is 16.7 Å². The van der Waals surface area contributed by atoms with Crippen molar-refractivity contribution in [2.24, 2.45) is 0 Å². The normalized spacial score (nSPS) is 11.4. The molecule has 0 heterocycles. The fourth-order valence-electron chi connectivity index (χ4n) is 2.10. The summed E-state index contributed by atoms with van der Waals surface area (Å²) in [7, 11) is 0. The van der Waals surface area contributed by atoms with Crippen LogP contribution >= 0.6 is 15.9 Å². The SMILES string of the molecule is Cc1cccc(NCc2ccc(C(C)(C)C)cc2)c1Br. The van der Waals surface area contributed by atoms with Crippen molar-refractivity contribution in [3.63, 3.8) is 0 Å². The number of halogens is 1. The van der Waals surface area contributed by atoms with E-state index in [1.165, 1.54) is 16.7 Å². The Kier molecular flexibility index (Phi) is 4.54. The second kappa shape index (κ2) is 6.01. The molecule has 2 rings (SSSR count). The largest absolute Gasteiger partial charge is 0.380 e. The third-order valence-electron chi connectivity index (χ3n) is 3.49. The molecule has 0 radical (unpaired) electrons. The predicted octanol–water partition coefficient (Wildman–Crippen LogP) is 5.67. The first kappa shape index (κ1) is 15.1. The second-order valence-electron chi connectivity index (χ2n) is 6.24. The molecule has 106 valence electrons. The highest BCUT2D eigenvalue weighted by Gasteiger charge is 2.12. The van der Waals surface area contributed by atoms with Gasteiger partial charge in [-0.2, -0.15) is 0 Å². The van der Waals surface area contributed by atoms with Gasteiger partial charge in [-0.05, 0) is 51.0 Å². The Morgan fingerprint density at radius 1 is 1.00 bits per heavy atom. The summed E-state index contributed by atoms with van der Waals surface area (Å²) in [4.78, 5) is 0. The van der Waals surface area contributed by atoms with Crippen LogP contribution in [-0.2, 0) is 12.0 Å². The summed E-state index contributed by atoms with van der Waals surface area (Å²) >= 11 is 3.63. The van der Waals surface area contributed by atoms with Gasteiger partial charge in [0.25, 0.3) is 0 Å². The molecule has 0 bridgehead atoms. The fourth-order valence-corrected chi connectivity index (χ4v) is 2.51. The highest BCUT2D eigenvalue weighted by molar-refractivity contribution is 9.10. The van der Waals surface area contributed by atoms with Crippen LogP contribution in [0.5, 0.6) is 0 Å². The molecule has 0 aromatic heterocycles. The standard InChI is InChI=1S/C18H22BrN/c1-13-6-5-7-16(17(13)19)20-12-14-8-10-15(11-9-14)18(2,3)4/h5-11,20H,12H2,1-4H3. The molecule has 0 saturated heterocycles. The number of hydrogen-bond donors (Lipinski definition) is 1. The summed E-state index contributed by atoms with van der Waals surface area (Å²) in [6.45, 7) is 9.66. The molecule has 0 aliphatic heterocycles. The first-order valence-electron chi connectivity index (χ1n) is 6.96. The molecule has 2 heteroatoms. The van der Waals surface area contributed by atoms with Crippen molar-refractivity contribution in [1.82, 2.24) is 0 Å². The zero-order chi connectivity index (χ0) is 14.8. The van der Waals surface area contributed by atoms with Crippen molar-refractivity contribution in [1.29, 1.82) is 0 Å². The number of nitrogens with one attached hydrogen (secondary N) is 1. The van der Waals surface area contributed by atoms with Crippen molar-refractivity contribution in [3.8, 4) is 0 Å². The van der Waals surface area contributed by atoms with Crippen molar-refractivity contribution < 1.29 is 0 Å². The first-order valence-corrected chi connectivity index (χ1v) is 7.75. The topological polar surface area (TPSA) is 12.0 Å². The van der Waals surface area contributed by atoms with Gasteiger partial charge < -0.3 is 5.32 Å². The maximum atomic E-state index is 3.63. The van der Waals surface area contributed by atoms with Crippen LogP contribution in [0.15, 0.2) is 46.9 Å². The van der Waals surface area contributed by atoms with E-state index in [1.807, 2.05) is 0 Å². The van der Waals surface area contributed by atoms with E-state index in [9.17, 15) is 0 Å². The molecule has 0 fully saturated rings. The van der Waals surface area contributed by atoms with Crippen LogP contribution < -0.4 is 5.32 Å². The highest BCUT2D eigenvalue weighted by Crippen LogP contribution is 2.26. The summed E-state index contributed by atoms with van der Waals surface area (Å²) in [6, 6.07) is 15.1. The smallest absolute Gasteiger partial charge is 0.0490 e. The lowest BCUT2D eigenvalue weighted by molar-refractivity contribution is 0.590. The molecule has 2 aromatic carbocycles. The molecule has 0 amide bonds. The third kappa shape index (κ3) is 3.63. The average molecular weight is 332 g/mol. The zero-order valence-corrected chi connectivity index (χ0v) is 14.2. The number of aryl methyl sites for hydroxylation is 1. The van der Waals surface area contributed by atoms with Gasteiger partial charge in [0, 0.05) is 16.7 Å². The van der Waals surface area contributed by atoms with E-state index >= 15 is 0 Å². The Hall–Kier alpha value is -1.28. The quantitative estimate of drug-likeness (QED) is 0.764. The first-order chi connectivity index (χ1) is 9.38. The number of hydrogen-bond acceptors (Lipinski definition) is 1. The van der Waals surface area contributed by atoms with E-state index in [0.29, 0.717) is 0 Å². The van der Waals surface area contributed by atoms with Gasteiger partial charge in [0.15, 0.2) is 0 Å². The van der Waals surface area contributed by atoms with Gasteiger partial charge >= 0.3 is 0 Å². The Bertz CT molecular complexity index is 579. The molecule has 1 nitrogen and oxygen atoms in total. The van der Waals surface area contributed by atoms with Crippen LogP contribution in [-0.4, -0.2) is 0 Å². The average Bonchev–Trinajstić information content (AvgIpc) is 2.40. The van der Waals surface area contributed by atoms with E-state index in [1.54, 1.807) is 0 Å². The van der Waals surface area contributed by atoms with Gasteiger partial charge in [-0.3, -0.25) is 0 Å². The molecular formula is C18H22BrN. The van der Waals surface area contributed by atoms with Crippen molar-refractivity contribution >= 4 is 21.6 Å². The zero-order valence-electron chi connectivity index (χ0n) is 12.6. The molecule has 2 aromatic rings. The molecule has 20 heavy (non-hydrogen) atoms. The maximum absolute atomic E-state index is 3.63. The lowest BCUT2D eigenvalue weighted by Gasteiger charge is -2.19. The van der Waals surface area contributed by atoms with Crippen LogP contribution in [0.2, 0.25) is 0 Å². The minimum atomic E-state index is 0.214. The molecule has 0 unspecified atom stereocenters. The Morgan fingerprint density at radius 2 is 1.65 bits per heavy atom. The summed E-state index contributed by atoms with van der Waals surface area (Å²) < 4.78 is 1.14. The van der Waals surface area contributed by atoms with E-state index in [4.69, 9.17) is 0 Å². The molecule has 0 aliphatic carbocycles. The van der Waals surface area contributed by atoms with Crippen LogP contribution in [0.25, 0.3) is 0 Å². The molecule has 1 N–H and O–H groups in total. The van der Waals surface area contributed by atoms with Crippen molar-refractivity contribution in [2.75, 3.05) is 5.32 Å². The number of benzene rings is 2. The minimum Gasteiger partial charge on any atom is -0.380 e. The van der Waals surface area contributed by atoms with Crippen LogP contribution in [0, 0.1) is 6.92 Å². The Labute approximate surface area is 130 Å². The second-order valence-corrected chi connectivity index (χ2v) is 7.03. The molecular weight excluding hydrogens is 310 g/mol. The highest BCUT2D eigenvalue weighted by atomic mass is 79.9. The summed E-state index contributed by atoms with van der Waals surface area (Å²) in [5.41, 5.74) is 5.28. The lowest BCUT2D eigenvalue weighted by Crippen LogP contribution is -2.11. The maximum Gasteiger partial charge on any atom is 0.0490 e. The Morgan fingerprint density at radius 3 is 2.25 bits per heavy atom. The molecule has 0 aliphatic rings. The van der Waals surface area contributed by atoms with Crippen molar-refractivity contribution in [2.45, 2.75) is 39.7 Å². The fraction of sp³-hybridized carbons (Fsp3) is 0.333. The van der Waals surface area contributed by atoms with Crippen LogP contribution in [0.3, 0.4) is 0 Å². The number of anilines is 1. The molecule has 0 atom stereocenters. The third-order valence-corrected chi connectivity index (χ3v) is 4.55. The van der Waals surface area contributed by atoms with Crippen LogP contribution in [0.4, 0.5) is 5.69 Å². The van der Waals surface area contributed by atoms with Crippen LogP contribution in [0.1, 0.15) is 37.5 Å². The van der Waals surface area contributed by atoms with E-state index < -0.39 is 0 Å². The van der Waals surface area contributed by atoms with Gasteiger partial charge in [0.1, 0.15) is 0 Å². The van der Waals surface area contributed by atoms with Crippen molar-refractivity contribution in [3.05, 3.63) is 63.6 Å². The Balaban J connectivity index is 2.06. The lowest BCUT2D eigenvalue weighted by atomic mass is 9.87. The molecule has 0 spiro atoms. The summed E-state index contributed by atoms with van der Waals surface area (Å²) in [5, 5.41) is 3.48. The predicted molar refractivity (Wildman–Crippen MR) is 91.3 cm³/mol. The van der Waals surface area contributed by atoms with Gasteiger partial charge in [0.05, 0.1) is 0 Å². The van der Waals surface area contributed by atoms with Gasteiger partial charge in [-0.1, -0.05) is 57.2 Å². The monoisotopic (exact) mass is 331 g/mol.